The third kappa shape index (κ3) is 3.23. The van der Waals surface area contributed by atoms with Crippen LogP contribution in [0.1, 0.15) is 31.4 Å². The first-order valence-electron chi connectivity index (χ1n) is 7.89. The molecule has 0 saturated heterocycles. The fraction of sp³-hybridized carbons (Fsp3) is 0.333. The van der Waals surface area contributed by atoms with Crippen LogP contribution in [0.2, 0.25) is 0 Å². The first-order valence-corrected chi connectivity index (χ1v) is 7.89. The molecule has 0 saturated carbocycles. The Labute approximate surface area is 137 Å². The minimum Gasteiger partial charge on any atom is -0.506 e. The van der Waals surface area contributed by atoms with Crippen molar-refractivity contribution in [2.24, 2.45) is 5.92 Å². The summed E-state index contributed by atoms with van der Waals surface area (Å²) < 4.78 is 0. The van der Waals surface area contributed by atoms with Crippen LogP contribution in [0.25, 0.3) is 16.7 Å². The number of benzene rings is 2. The standard InChI is InChI=1S/C18H20BN3O/c1-11(2)4-6-13-9-14(19)18(23)17(10-13)22-20-15-7-5-12(3)8-16(15)21-22/h5,7-11,23H,4,6H2,1-3H3. The van der Waals surface area contributed by atoms with Crippen LogP contribution in [0.3, 0.4) is 0 Å². The van der Waals surface area contributed by atoms with Gasteiger partial charge in [0.25, 0.3) is 0 Å². The molecule has 0 atom stereocenters. The largest absolute Gasteiger partial charge is 0.506 e. The molecule has 116 valence electrons. The van der Waals surface area contributed by atoms with E-state index in [1.54, 1.807) is 0 Å². The smallest absolute Gasteiger partial charge is 0.136 e. The molecule has 1 N–H and O–H groups in total. The van der Waals surface area contributed by atoms with Gasteiger partial charge in [-0.15, -0.1) is 15.0 Å². The minimum atomic E-state index is 0.0234. The van der Waals surface area contributed by atoms with Gasteiger partial charge in [0.05, 0.1) is 0 Å². The van der Waals surface area contributed by atoms with E-state index in [4.69, 9.17) is 7.85 Å². The Kier molecular flexibility index (Phi) is 4.11. The van der Waals surface area contributed by atoms with Gasteiger partial charge < -0.3 is 5.11 Å². The lowest BCUT2D eigenvalue weighted by Gasteiger charge is -2.11. The lowest BCUT2D eigenvalue weighted by atomic mass is 9.90. The third-order valence-corrected chi connectivity index (χ3v) is 3.94. The van der Waals surface area contributed by atoms with Crippen molar-refractivity contribution in [1.29, 1.82) is 0 Å². The van der Waals surface area contributed by atoms with Gasteiger partial charge in [0, 0.05) is 0 Å². The van der Waals surface area contributed by atoms with Crippen molar-refractivity contribution in [2.45, 2.75) is 33.6 Å². The number of fused-ring (bicyclic) bond motifs is 1. The maximum atomic E-state index is 10.3. The van der Waals surface area contributed by atoms with Crippen molar-refractivity contribution < 1.29 is 5.11 Å². The number of rotatable bonds is 4. The van der Waals surface area contributed by atoms with Crippen LogP contribution in [0.15, 0.2) is 30.3 Å². The number of nitrogens with zero attached hydrogens (tertiary/aromatic N) is 3. The van der Waals surface area contributed by atoms with E-state index in [0.29, 0.717) is 17.1 Å². The predicted octanol–water partition coefficient (Wildman–Crippen LogP) is 2.82. The van der Waals surface area contributed by atoms with E-state index in [9.17, 15) is 5.11 Å². The number of aryl methyl sites for hydroxylation is 2. The summed E-state index contributed by atoms with van der Waals surface area (Å²) in [7, 11) is 5.96. The Morgan fingerprint density at radius 3 is 2.61 bits per heavy atom. The van der Waals surface area contributed by atoms with Crippen molar-refractivity contribution in [1.82, 2.24) is 15.0 Å². The quantitative estimate of drug-likeness (QED) is 0.754. The van der Waals surface area contributed by atoms with E-state index >= 15 is 0 Å². The highest BCUT2D eigenvalue weighted by molar-refractivity contribution is 6.34. The average molecular weight is 305 g/mol. The summed E-state index contributed by atoms with van der Waals surface area (Å²) in [6, 6.07) is 9.64. The first kappa shape index (κ1) is 15.6. The van der Waals surface area contributed by atoms with Gasteiger partial charge in [0.2, 0.25) is 0 Å². The van der Waals surface area contributed by atoms with Gasteiger partial charge in [-0.25, -0.2) is 0 Å². The normalized spacial score (nSPS) is 11.5. The molecular formula is C18H20BN3O. The van der Waals surface area contributed by atoms with Crippen LogP contribution in [-0.2, 0) is 6.42 Å². The second kappa shape index (κ2) is 6.07. The molecule has 4 nitrogen and oxygen atoms in total. The minimum absolute atomic E-state index is 0.0234. The highest BCUT2D eigenvalue weighted by Crippen LogP contribution is 2.22. The van der Waals surface area contributed by atoms with E-state index in [0.717, 1.165) is 35.0 Å². The van der Waals surface area contributed by atoms with Gasteiger partial charge in [0.1, 0.15) is 30.3 Å². The summed E-state index contributed by atoms with van der Waals surface area (Å²) in [5, 5.41) is 19.2. The van der Waals surface area contributed by atoms with Gasteiger partial charge in [-0.2, -0.15) is 0 Å². The summed E-state index contributed by atoms with van der Waals surface area (Å²) in [6.45, 7) is 6.39. The number of phenolic OH excluding ortho intramolecular Hbond substituents is 1. The van der Waals surface area contributed by atoms with Crippen molar-refractivity contribution in [3.63, 3.8) is 0 Å². The summed E-state index contributed by atoms with van der Waals surface area (Å²) in [4.78, 5) is 1.47. The van der Waals surface area contributed by atoms with Crippen molar-refractivity contribution in [2.75, 3.05) is 0 Å². The van der Waals surface area contributed by atoms with E-state index in [-0.39, 0.29) is 5.75 Å². The summed E-state index contributed by atoms with van der Waals surface area (Å²) in [5.74, 6) is 0.636. The molecule has 2 radical (unpaired) electrons. The molecule has 0 amide bonds. The monoisotopic (exact) mass is 305 g/mol. The van der Waals surface area contributed by atoms with Gasteiger partial charge >= 0.3 is 0 Å². The van der Waals surface area contributed by atoms with Crippen molar-refractivity contribution in [3.05, 3.63) is 41.5 Å². The zero-order chi connectivity index (χ0) is 16.6. The van der Waals surface area contributed by atoms with Crippen LogP contribution < -0.4 is 5.46 Å². The molecule has 0 fully saturated rings. The number of aromatic nitrogens is 3. The molecule has 0 unspecified atom stereocenters. The van der Waals surface area contributed by atoms with Gasteiger partial charge in [-0.1, -0.05) is 31.4 Å². The Morgan fingerprint density at radius 1 is 1.13 bits per heavy atom. The number of aromatic hydroxyl groups is 1. The topological polar surface area (TPSA) is 50.9 Å². The van der Waals surface area contributed by atoms with Crippen LogP contribution in [0.5, 0.6) is 5.75 Å². The van der Waals surface area contributed by atoms with Gasteiger partial charge in [-0.3, -0.25) is 0 Å². The van der Waals surface area contributed by atoms with E-state index in [2.05, 4.69) is 24.0 Å². The molecule has 2 aromatic carbocycles. The fourth-order valence-electron chi connectivity index (χ4n) is 2.59. The maximum Gasteiger partial charge on any atom is 0.136 e. The van der Waals surface area contributed by atoms with Crippen molar-refractivity contribution in [3.8, 4) is 11.4 Å². The maximum absolute atomic E-state index is 10.3. The van der Waals surface area contributed by atoms with E-state index in [1.807, 2.05) is 37.3 Å². The van der Waals surface area contributed by atoms with Crippen LogP contribution >= 0.6 is 0 Å². The fourth-order valence-corrected chi connectivity index (χ4v) is 2.59. The molecule has 1 heterocycles. The van der Waals surface area contributed by atoms with Gasteiger partial charge in [0.15, 0.2) is 0 Å². The summed E-state index contributed by atoms with van der Waals surface area (Å²) in [6.07, 6.45) is 1.98. The molecule has 0 aliphatic heterocycles. The molecule has 0 spiro atoms. The molecule has 0 aliphatic rings. The second-order valence-corrected chi connectivity index (χ2v) is 6.47. The molecule has 0 bridgehead atoms. The number of hydrogen-bond donors (Lipinski definition) is 1. The molecule has 5 heteroatoms. The Balaban J connectivity index is 2.05. The SMILES string of the molecule is [B]c1cc(CCC(C)C)cc(-n2nc3ccc(C)cc3n2)c1O. The predicted molar refractivity (Wildman–Crippen MR) is 93.8 cm³/mol. The zero-order valence-electron chi connectivity index (χ0n) is 13.7. The Bertz CT molecular complexity index is 855. The van der Waals surface area contributed by atoms with Crippen molar-refractivity contribution >= 4 is 24.3 Å². The number of hydrogen-bond acceptors (Lipinski definition) is 3. The highest BCUT2D eigenvalue weighted by Gasteiger charge is 2.12. The zero-order valence-corrected chi connectivity index (χ0v) is 13.7. The average Bonchev–Trinajstić information content (AvgIpc) is 2.90. The Morgan fingerprint density at radius 2 is 1.87 bits per heavy atom. The van der Waals surface area contributed by atoms with Gasteiger partial charge in [-0.05, 0) is 55.0 Å². The lowest BCUT2D eigenvalue weighted by molar-refractivity contribution is 0.471. The Hall–Kier alpha value is -2.30. The number of phenols is 1. The van der Waals surface area contributed by atoms with Crippen LogP contribution in [0, 0.1) is 12.8 Å². The van der Waals surface area contributed by atoms with Crippen LogP contribution in [-0.4, -0.2) is 27.9 Å². The van der Waals surface area contributed by atoms with Crippen LogP contribution in [0.4, 0.5) is 0 Å². The molecular weight excluding hydrogens is 285 g/mol. The molecule has 1 aromatic heterocycles. The highest BCUT2D eigenvalue weighted by atomic mass is 16.3. The third-order valence-electron chi connectivity index (χ3n) is 3.94. The second-order valence-electron chi connectivity index (χ2n) is 6.47. The molecule has 3 rings (SSSR count). The first-order chi connectivity index (χ1) is 10.9. The summed E-state index contributed by atoms with van der Waals surface area (Å²) in [5.41, 5.74) is 4.69. The molecule has 0 aliphatic carbocycles. The lowest BCUT2D eigenvalue weighted by Crippen LogP contribution is -2.11. The van der Waals surface area contributed by atoms with E-state index < -0.39 is 0 Å². The molecule has 3 aromatic rings. The molecule has 23 heavy (non-hydrogen) atoms. The van der Waals surface area contributed by atoms with E-state index in [1.165, 1.54) is 4.80 Å². The summed E-state index contributed by atoms with van der Waals surface area (Å²) >= 11 is 0.